The summed E-state index contributed by atoms with van der Waals surface area (Å²) in [5.74, 6) is -0.387. The Kier molecular flexibility index (Phi) is 5.38. The summed E-state index contributed by atoms with van der Waals surface area (Å²) in [4.78, 5) is 26.3. The van der Waals surface area contributed by atoms with Crippen LogP contribution < -0.4 is 5.32 Å². The molecular weight excluding hydrogens is 397 g/mol. The Morgan fingerprint density at radius 3 is 2.59 bits per heavy atom. The number of hydrogen-bond acceptors (Lipinski definition) is 6. The summed E-state index contributed by atoms with van der Waals surface area (Å²) >= 11 is 12.2. The van der Waals surface area contributed by atoms with Gasteiger partial charge in [-0.3, -0.25) is 24.9 Å². The zero-order valence-electron chi connectivity index (χ0n) is 14.0. The van der Waals surface area contributed by atoms with E-state index in [0.717, 1.165) is 0 Å². The zero-order valence-corrected chi connectivity index (χ0v) is 15.5. The lowest BCUT2D eigenvalue weighted by Crippen LogP contribution is -2.20. The van der Waals surface area contributed by atoms with Crippen LogP contribution in [0.3, 0.4) is 0 Å². The predicted octanol–water partition coefficient (Wildman–Crippen LogP) is 2.69. The minimum atomic E-state index is -0.556. The fourth-order valence-corrected chi connectivity index (χ4v) is 2.87. The number of benzene rings is 1. The molecule has 0 saturated heterocycles. The molecule has 3 rings (SSSR count). The van der Waals surface area contributed by atoms with Crippen molar-refractivity contribution in [3.05, 3.63) is 62.1 Å². The molecule has 12 heteroatoms. The monoisotopic (exact) mass is 409 g/mol. The predicted molar refractivity (Wildman–Crippen MR) is 97.8 cm³/mol. The van der Waals surface area contributed by atoms with Gasteiger partial charge >= 0.3 is 5.69 Å². The van der Waals surface area contributed by atoms with Crippen LogP contribution in [-0.4, -0.2) is 35.4 Å². The first-order valence-electron chi connectivity index (χ1n) is 7.64. The van der Waals surface area contributed by atoms with E-state index in [-0.39, 0.29) is 30.4 Å². The van der Waals surface area contributed by atoms with Gasteiger partial charge in [0.2, 0.25) is 11.9 Å². The lowest BCUT2D eigenvalue weighted by Gasteiger charge is -2.06. The highest BCUT2D eigenvalue weighted by Gasteiger charge is 2.17. The van der Waals surface area contributed by atoms with Gasteiger partial charge in [0.1, 0.15) is 24.8 Å². The molecule has 0 radical (unpaired) electrons. The van der Waals surface area contributed by atoms with E-state index in [1.807, 2.05) is 0 Å². The van der Waals surface area contributed by atoms with E-state index >= 15 is 0 Å². The van der Waals surface area contributed by atoms with Crippen LogP contribution in [0.4, 0.5) is 11.6 Å². The highest BCUT2D eigenvalue weighted by molar-refractivity contribution is 6.35. The van der Waals surface area contributed by atoms with E-state index in [2.05, 4.69) is 20.5 Å². The highest BCUT2D eigenvalue weighted by Crippen LogP contribution is 2.24. The molecule has 1 N–H and O–H groups in total. The van der Waals surface area contributed by atoms with Crippen molar-refractivity contribution in [3.8, 4) is 0 Å². The molecule has 1 aromatic carbocycles. The van der Waals surface area contributed by atoms with E-state index in [4.69, 9.17) is 23.2 Å². The lowest BCUT2D eigenvalue weighted by atomic mass is 10.2. The average molecular weight is 410 g/mol. The molecule has 0 atom stereocenters. The molecule has 0 fully saturated rings. The van der Waals surface area contributed by atoms with E-state index < -0.39 is 10.8 Å². The number of carbonyl (C=O) groups is 1. The second-order valence-electron chi connectivity index (χ2n) is 5.57. The molecule has 2 aromatic heterocycles. The van der Waals surface area contributed by atoms with Crippen molar-refractivity contribution in [1.29, 1.82) is 0 Å². The van der Waals surface area contributed by atoms with Crippen LogP contribution >= 0.6 is 23.2 Å². The van der Waals surface area contributed by atoms with E-state index in [1.54, 1.807) is 18.2 Å². The maximum atomic E-state index is 12.1. The van der Waals surface area contributed by atoms with Gasteiger partial charge < -0.3 is 0 Å². The summed E-state index contributed by atoms with van der Waals surface area (Å²) in [6.07, 6.45) is 2.62. The molecule has 140 valence electrons. The third-order valence-electron chi connectivity index (χ3n) is 3.59. The van der Waals surface area contributed by atoms with Crippen LogP contribution in [0.2, 0.25) is 10.0 Å². The van der Waals surface area contributed by atoms with Gasteiger partial charge in [0, 0.05) is 15.6 Å². The summed E-state index contributed by atoms with van der Waals surface area (Å²) in [5, 5.41) is 22.4. The van der Waals surface area contributed by atoms with Gasteiger partial charge in [0.05, 0.1) is 11.5 Å². The summed E-state index contributed by atoms with van der Waals surface area (Å²) in [5.41, 5.74) is 0.761. The Bertz CT molecular complexity index is 995. The number of amides is 1. The van der Waals surface area contributed by atoms with E-state index in [0.29, 0.717) is 15.6 Å². The Morgan fingerprint density at radius 1 is 1.26 bits per heavy atom. The maximum Gasteiger partial charge on any atom is 0.309 e. The number of nitrogens with zero attached hydrogens (tertiary/aromatic N) is 6. The van der Waals surface area contributed by atoms with Gasteiger partial charge in [0.25, 0.3) is 0 Å². The second kappa shape index (κ2) is 7.72. The Balaban J connectivity index is 1.64. The van der Waals surface area contributed by atoms with E-state index in [9.17, 15) is 14.9 Å². The van der Waals surface area contributed by atoms with Gasteiger partial charge in [0.15, 0.2) is 0 Å². The fourth-order valence-electron chi connectivity index (χ4n) is 2.35. The molecule has 0 aliphatic carbocycles. The largest absolute Gasteiger partial charge is 0.309 e. The Labute approximate surface area is 162 Å². The molecule has 0 unspecified atom stereocenters. The zero-order chi connectivity index (χ0) is 19.6. The topological polar surface area (TPSA) is 121 Å². The second-order valence-corrected chi connectivity index (χ2v) is 6.38. The van der Waals surface area contributed by atoms with Crippen LogP contribution in [-0.2, 0) is 17.9 Å². The number of anilines is 1. The third kappa shape index (κ3) is 4.41. The van der Waals surface area contributed by atoms with Gasteiger partial charge in [-0.2, -0.15) is 5.10 Å². The first kappa shape index (κ1) is 18.8. The number of nitrogens with one attached hydrogen (secondary N) is 1. The first-order chi connectivity index (χ1) is 12.8. The maximum absolute atomic E-state index is 12.1. The summed E-state index contributed by atoms with van der Waals surface area (Å²) in [7, 11) is 0. The number of halogens is 2. The van der Waals surface area contributed by atoms with Crippen LogP contribution in [0, 0.1) is 17.0 Å². The average Bonchev–Trinajstić information content (AvgIpc) is 3.17. The number of nitro groups is 1. The van der Waals surface area contributed by atoms with Crippen molar-refractivity contribution in [2.75, 3.05) is 5.32 Å². The van der Waals surface area contributed by atoms with Crippen molar-refractivity contribution >= 4 is 40.7 Å². The number of hydrogen-bond donors (Lipinski definition) is 1. The highest BCUT2D eigenvalue weighted by atomic mass is 35.5. The lowest BCUT2D eigenvalue weighted by molar-refractivity contribution is -0.385. The third-order valence-corrected chi connectivity index (χ3v) is 4.30. The molecular formula is C15H13Cl2N7O3. The summed E-state index contributed by atoms with van der Waals surface area (Å²) in [6, 6.07) is 5.17. The number of rotatable bonds is 6. The molecule has 27 heavy (non-hydrogen) atoms. The molecule has 3 aromatic rings. The SMILES string of the molecule is Cc1nn(CC(=O)Nc2ncn(Cc3c(Cl)cccc3Cl)n2)cc1[N+](=O)[O-]. The molecule has 0 bridgehead atoms. The van der Waals surface area contributed by atoms with Crippen LogP contribution in [0.15, 0.2) is 30.7 Å². The molecule has 10 nitrogen and oxygen atoms in total. The normalized spacial score (nSPS) is 10.8. The number of carbonyl (C=O) groups excluding carboxylic acids is 1. The molecule has 0 saturated carbocycles. The van der Waals surface area contributed by atoms with Crippen LogP contribution in [0.25, 0.3) is 0 Å². The fraction of sp³-hybridized carbons (Fsp3) is 0.200. The van der Waals surface area contributed by atoms with Crippen molar-refractivity contribution in [1.82, 2.24) is 24.5 Å². The van der Waals surface area contributed by atoms with Crippen molar-refractivity contribution < 1.29 is 9.72 Å². The first-order valence-corrected chi connectivity index (χ1v) is 8.39. The number of aryl methyl sites for hydroxylation is 1. The van der Waals surface area contributed by atoms with Gasteiger partial charge in [-0.15, -0.1) is 5.10 Å². The van der Waals surface area contributed by atoms with Gasteiger partial charge in [-0.05, 0) is 19.1 Å². The molecule has 0 aliphatic heterocycles. The molecule has 0 spiro atoms. The van der Waals surface area contributed by atoms with E-state index in [1.165, 1.54) is 28.8 Å². The summed E-state index contributed by atoms with van der Waals surface area (Å²) in [6.45, 7) is 1.57. The van der Waals surface area contributed by atoms with Gasteiger partial charge in [-0.25, -0.2) is 9.67 Å². The molecule has 1 amide bonds. The van der Waals surface area contributed by atoms with Crippen LogP contribution in [0.5, 0.6) is 0 Å². The standard InChI is InChI=1S/C15H13Cl2N7O3/c1-9-13(24(26)27)6-22(20-9)7-14(25)19-15-18-8-23(21-15)5-10-11(16)3-2-4-12(10)17/h2-4,6,8H,5,7H2,1H3,(H,19,21,25). The summed E-state index contributed by atoms with van der Waals surface area (Å²) < 4.78 is 2.66. The smallest absolute Gasteiger partial charge is 0.292 e. The van der Waals surface area contributed by atoms with Crippen molar-refractivity contribution in [2.24, 2.45) is 0 Å². The Hall–Kier alpha value is -2.98. The Morgan fingerprint density at radius 2 is 1.96 bits per heavy atom. The molecule has 2 heterocycles. The minimum absolute atomic E-state index is 0.0848. The quantitative estimate of drug-likeness (QED) is 0.493. The van der Waals surface area contributed by atoms with Crippen molar-refractivity contribution in [3.63, 3.8) is 0 Å². The number of aromatic nitrogens is 5. The van der Waals surface area contributed by atoms with Gasteiger partial charge in [-0.1, -0.05) is 29.3 Å². The minimum Gasteiger partial charge on any atom is -0.292 e. The van der Waals surface area contributed by atoms with Crippen LogP contribution in [0.1, 0.15) is 11.3 Å². The molecule has 0 aliphatic rings. The van der Waals surface area contributed by atoms with Crippen molar-refractivity contribution in [2.45, 2.75) is 20.0 Å².